The van der Waals surface area contributed by atoms with Gasteiger partial charge in [-0.05, 0) is 25.2 Å². The largest absolute Gasteiger partial charge is 0.465 e. The highest BCUT2D eigenvalue weighted by Crippen LogP contribution is 2.53. The zero-order chi connectivity index (χ0) is 14.2. The smallest absolute Gasteiger partial charge is 0.302 e. The number of esters is 1. The van der Waals surface area contributed by atoms with E-state index in [1.54, 1.807) is 0 Å². The summed E-state index contributed by atoms with van der Waals surface area (Å²) in [4.78, 5) is 11.2. The number of hydrogen-bond donors (Lipinski definition) is 0. The van der Waals surface area contributed by atoms with Gasteiger partial charge in [0.2, 0.25) is 0 Å². The molecule has 19 heavy (non-hydrogen) atoms. The summed E-state index contributed by atoms with van der Waals surface area (Å²) in [6, 6.07) is 0. The summed E-state index contributed by atoms with van der Waals surface area (Å²) < 4.78 is 11.5. The maximum Gasteiger partial charge on any atom is 0.302 e. The van der Waals surface area contributed by atoms with E-state index in [9.17, 15) is 4.79 Å². The zero-order valence-corrected chi connectivity index (χ0v) is 12.7. The molecule has 2 rings (SSSR count). The molecule has 2 bridgehead atoms. The second-order valence-corrected chi connectivity index (χ2v) is 6.28. The molecule has 0 unspecified atom stereocenters. The molecular formula is C16H26O3. The van der Waals surface area contributed by atoms with Gasteiger partial charge in [0.05, 0.1) is 19.3 Å². The maximum absolute atomic E-state index is 11.2. The second-order valence-electron chi connectivity index (χ2n) is 6.28. The van der Waals surface area contributed by atoms with E-state index < -0.39 is 0 Å². The van der Waals surface area contributed by atoms with Crippen molar-refractivity contribution >= 4 is 5.97 Å². The summed E-state index contributed by atoms with van der Waals surface area (Å²) in [5.41, 5.74) is 1.38. The van der Waals surface area contributed by atoms with Crippen molar-refractivity contribution in [3.8, 4) is 0 Å². The first-order valence-corrected chi connectivity index (χ1v) is 7.35. The Labute approximate surface area is 116 Å². The molecule has 3 heteroatoms. The summed E-state index contributed by atoms with van der Waals surface area (Å²) >= 11 is 0. The summed E-state index contributed by atoms with van der Waals surface area (Å²) in [6.07, 6.45) is 3.71. The fourth-order valence-electron chi connectivity index (χ4n) is 3.99. The average Bonchev–Trinajstić information content (AvgIpc) is 2.34. The molecule has 2 aliphatic rings. The summed E-state index contributed by atoms with van der Waals surface area (Å²) in [7, 11) is 0. The molecule has 0 aromatic rings. The third-order valence-electron chi connectivity index (χ3n) is 5.30. The molecule has 0 N–H and O–H groups in total. The first-order chi connectivity index (χ1) is 8.92. The van der Waals surface area contributed by atoms with Gasteiger partial charge in [-0.25, -0.2) is 0 Å². The van der Waals surface area contributed by atoms with Crippen LogP contribution in [0.3, 0.4) is 0 Å². The van der Waals surface area contributed by atoms with E-state index in [1.807, 2.05) is 0 Å². The van der Waals surface area contributed by atoms with Crippen LogP contribution in [-0.4, -0.2) is 25.3 Å². The summed E-state index contributed by atoms with van der Waals surface area (Å²) in [5, 5.41) is 0. The number of ether oxygens (including phenoxy) is 2. The molecule has 1 heterocycles. The Balaban J connectivity index is 2.31. The van der Waals surface area contributed by atoms with Crippen molar-refractivity contribution in [2.45, 2.75) is 47.1 Å². The molecule has 108 valence electrons. The van der Waals surface area contributed by atoms with Gasteiger partial charge in [0.25, 0.3) is 0 Å². The minimum atomic E-state index is -0.200. The molecule has 0 amide bonds. The number of rotatable bonds is 3. The molecule has 3 nitrogen and oxygen atoms in total. The molecule has 1 saturated heterocycles. The standard InChI is InChI=1S/C16H26O3/c1-6-14-15-10(2)7-11(3)16(9-19-14,12(15)4)8-18-13(5)17/h7,11-12,14-15H,6,8-9H2,1-5H3/t11-,12-,14+,15-,16+/m0/s1. The number of hydrogen-bond acceptors (Lipinski definition) is 3. The van der Waals surface area contributed by atoms with Crippen molar-refractivity contribution in [1.29, 1.82) is 0 Å². The van der Waals surface area contributed by atoms with Gasteiger partial charge in [0, 0.05) is 18.3 Å². The van der Waals surface area contributed by atoms with E-state index in [2.05, 4.69) is 33.8 Å². The predicted molar refractivity (Wildman–Crippen MR) is 74.7 cm³/mol. The lowest BCUT2D eigenvalue weighted by Crippen LogP contribution is -2.56. The molecule has 0 aromatic carbocycles. The van der Waals surface area contributed by atoms with E-state index in [1.165, 1.54) is 12.5 Å². The number of fused-ring (bicyclic) bond motifs is 2. The van der Waals surface area contributed by atoms with Gasteiger partial charge in [-0.1, -0.05) is 32.4 Å². The molecule has 0 spiro atoms. The van der Waals surface area contributed by atoms with Crippen LogP contribution in [0.2, 0.25) is 0 Å². The minimum absolute atomic E-state index is 0.0541. The van der Waals surface area contributed by atoms with Crippen LogP contribution in [0.15, 0.2) is 11.6 Å². The Morgan fingerprint density at radius 3 is 2.79 bits per heavy atom. The van der Waals surface area contributed by atoms with Crippen LogP contribution < -0.4 is 0 Å². The molecule has 1 aliphatic heterocycles. The highest BCUT2D eigenvalue weighted by Gasteiger charge is 2.53. The van der Waals surface area contributed by atoms with Gasteiger partial charge in [-0.15, -0.1) is 0 Å². The normalized spacial score (nSPS) is 41.6. The number of allylic oxidation sites excluding steroid dienone is 1. The van der Waals surface area contributed by atoms with Crippen LogP contribution in [0.25, 0.3) is 0 Å². The number of carbonyl (C=O) groups is 1. The topological polar surface area (TPSA) is 35.5 Å². The monoisotopic (exact) mass is 266 g/mol. The van der Waals surface area contributed by atoms with E-state index >= 15 is 0 Å². The van der Waals surface area contributed by atoms with Crippen LogP contribution in [0.1, 0.15) is 41.0 Å². The summed E-state index contributed by atoms with van der Waals surface area (Å²) in [6.45, 7) is 11.6. The first kappa shape index (κ1) is 14.6. The Morgan fingerprint density at radius 2 is 2.21 bits per heavy atom. The van der Waals surface area contributed by atoms with E-state index in [-0.39, 0.29) is 11.4 Å². The lowest BCUT2D eigenvalue weighted by molar-refractivity contribution is -0.179. The van der Waals surface area contributed by atoms with Gasteiger partial charge in [0.15, 0.2) is 0 Å². The Bertz CT molecular complexity index is 387. The van der Waals surface area contributed by atoms with E-state index in [4.69, 9.17) is 9.47 Å². The third kappa shape index (κ3) is 2.33. The van der Waals surface area contributed by atoms with E-state index in [0.717, 1.165) is 6.42 Å². The quantitative estimate of drug-likeness (QED) is 0.581. The fraction of sp³-hybridized carbons (Fsp3) is 0.812. The van der Waals surface area contributed by atoms with Crippen molar-refractivity contribution in [1.82, 2.24) is 0 Å². The molecule has 0 aromatic heterocycles. The highest BCUT2D eigenvalue weighted by atomic mass is 16.5. The average molecular weight is 266 g/mol. The van der Waals surface area contributed by atoms with Gasteiger partial charge in [-0.3, -0.25) is 4.79 Å². The maximum atomic E-state index is 11.2. The van der Waals surface area contributed by atoms with Gasteiger partial charge in [0.1, 0.15) is 0 Å². The molecular weight excluding hydrogens is 240 g/mol. The van der Waals surface area contributed by atoms with Crippen molar-refractivity contribution in [2.75, 3.05) is 13.2 Å². The zero-order valence-electron chi connectivity index (χ0n) is 12.7. The van der Waals surface area contributed by atoms with Crippen LogP contribution in [0.4, 0.5) is 0 Å². The van der Waals surface area contributed by atoms with Crippen molar-refractivity contribution < 1.29 is 14.3 Å². The van der Waals surface area contributed by atoms with Crippen LogP contribution >= 0.6 is 0 Å². The molecule has 1 fully saturated rings. The first-order valence-electron chi connectivity index (χ1n) is 7.35. The van der Waals surface area contributed by atoms with Crippen molar-refractivity contribution in [3.05, 3.63) is 11.6 Å². The lowest BCUT2D eigenvalue weighted by atomic mass is 9.56. The van der Waals surface area contributed by atoms with Gasteiger partial charge < -0.3 is 9.47 Å². The van der Waals surface area contributed by atoms with Crippen LogP contribution in [0, 0.1) is 23.2 Å². The van der Waals surface area contributed by atoms with Crippen molar-refractivity contribution in [3.63, 3.8) is 0 Å². The van der Waals surface area contributed by atoms with Crippen molar-refractivity contribution in [2.24, 2.45) is 23.2 Å². The third-order valence-corrected chi connectivity index (χ3v) is 5.30. The van der Waals surface area contributed by atoms with Gasteiger partial charge >= 0.3 is 5.97 Å². The lowest BCUT2D eigenvalue weighted by Gasteiger charge is -2.55. The van der Waals surface area contributed by atoms with Crippen LogP contribution in [-0.2, 0) is 14.3 Å². The predicted octanol–water partition coefficient (Wildman–Crippen LogP) is 3.19. The van der Waals surface area contributed by atoms with Gasteiger partial charge in [-0.2, -0.15) is 0 Å². The Hall–Kier alpha value is -0.830. The fourth-order valence-corrected chi connectivity index (χ4v) is 3.99. The highest BCUT2D eigenvalue weighted by molar-refractivity contribution is 5.65. The molecule has 1 aliphatic carbocycles. The Kier molecular flexibility index (Phi) is 4.05. The second kappa shape index (κ2) is 5.28. The van der Waals surface area contributed by atoms with Crippen LogP contribution in [0.5, 0.6) is 0 Å². The Morgan fingerprint density at radius 1 is 1.53 bits per heavy atom. The minimum Gasteiger partial charge on any atom is -0.465 e. The SMILES string of the molecule is CC[C@H]1OC[C@]2(COC(C)=O)[C@@H](C)C=C(C)[C@H]1[C@@H]2C. The molecule has 0 saturated carbocycles. The molecule has 5 atom stereocenters. The summed E-state index contributed by atoms with van der Waals surface area (Å²) in [5.74, 6) is 1.14. The van der Waals surface area contributed by atoms with E-state index in [0.29, 0.717) is 37.1 Å². The molecule has 0 radical (unpaired) electrons. The number of carbonyl (C=O) groups excluding carboxylic acids is 1.